The zero-order valence-electron chi connectivity index (χ0n) is 15.0. The molecule has 1 amide bonds. The minimum atomic E-state index is -0.142. The summed E-state index contributed by atoms with van der Waals surface area (Å²) in [6, 6.07) is 15.2. The molecule has 134 valence electrons. The number of ether oxygens (including phenoxy) is 1. The van der Waals surface area contributed by atoms with Crippen LogP contribution in [-0.2, 0) is 13.0 Å². The van der Waals surface area contributed by atoms with Gasteiger partial charge in [0, 0.05) is 37.0 Å². The number of hydrogen-bond acceptors (Lipinski definition) is 4. The predicted octanol–water partition coefficient (Wildman–Crippen LogP) is 2.95. The Hall–Kier alpha value is -3.15. The van der Waals surface area contributed by atoms with E-state index in [1.165, 1.54) is 0 Å². The van der Waals surface area contributed by atoms with Crippen LogP contribution >= 0.6 is 0 Å². The van der Waals surface area contributed by atoms with E-state index in [2.05, 4.69) is 15.4 Å². The highest BCUT2D eigenvalue weighted by Gasteiger charge is 2.17. The topological polar surface area (TPSA) is 69.0 Å². The molecular weight excluding hydrogens is 328 g/mol. The number of rotatable bonds is 7. The van der Waals surface area contributed by atoms with Gasteiger partial charge in [-0.25, -0.2) is 0 Å². The number of amides is 1. The van der Waals surface area contributed by atoms with E-state index in [0.29, 0.717) is 25.2 Å². The number of nitrogens with one attached hydrogen (secondary N) is 1. The van der Waals surface area contributed by atoms with Crippen LogP contribution in [0.4, 0.5) is 0 Å². The number of carbonyl (C=O) groups excluding carboxylic acids is 1. The Morgan fingerprint density at radius 2 is 2.00 bits per heavy atom. The van der Waals surface area contributed by atoms with Gasteiger partial charge >= 0.3 is 0 Å². The highest BCUT2D eigenvalue weighted by molar-refractivity contribution is 5.93. The van der Waals surface area contributed by atoms with E-state index in [0.717, 1.165) is 22.7 Å². The molecule has 0 saturated carbocycles. The second kappa shape index (κ2) is 8.29. The lowest BCUT2D eigenvalue weighted by Gasteiger charge is -2.06. The second-order valence-corrected chi connectivity index (χ2v) is 5.76. The lowest BCUT2D eigenvalue weighted by atomic mass is 10.1. The van der Waals surface area contributed by atoms with Gasteiger partial charge in [0.2, 0.25) is 0 Å². The maximum atomic E-state index is 12.6. The van der Waals surface area contributed by atoms with Gasteiger partial charge in [-0.3, -0.25) is 14.5 Å². The van der Waals surface area contributed by atoms with Gasteiger partial charge in [-0.05, 0) is 37.3 Å². The van der Waals surface area contributed by atoms with E-state index in [-0.39, 0.29) is 5.91 Å². The van der Waals surface area contributed by atoms with Crippen LogP contribution < -0.4 is 10.1 Å². The van der Waals surface area contributed by atoms with Crippen molar-refractivity contribution < 1.29 is 9.53 Å². The molecule has 1 N–H and O–H groups in total. The fraction of sp³-hybridized carbons (Fsp3) is 0.250. The zero-order valence-corrected chi connectivity index (χ0v) is 15.0. The van der Waals surface area contributed by atoms with Crippen LogP contribution in [-0.4, -0.2) is 34.3 Å². The third kappa shape index (κ3) is 3.91. The number of carbonyl (C=O) groups is 1. The molecular formula is C20H22N4O2. The summed E-state index contributed by atoms with van der Waals surface area (Å²) in [6.07, 6.45) is 2.44. The molecule has 0 radical (unpaired) electrons. The first kappa shape index (κ1) is 17.7. The molecule has 3 aromatic rings. The van der Waals surface area contributed by atoms with Crippen LogP contribution in [0.15, 0.2) is 54.7 Å². The number of para-hydroxylation sites is 1. The largest absolute Gasteiger partial charge is 0.496 e. The molecule has 0 spiro atoms. The molecule has 0 aliphatic rings. The summed E-state index contributed by atoms with van der Waals surface area (Å²) < 4.78 is 7.11. The predicted molar refractivity (Wildman–Crippen MR) is 100 cm³/mol. The van der Waals surface area contributed by atoms with E-state index in [1.54, 1.807) is 24.1 Å². The molecule has 0 unspecified atom stereocenters. The van der Waals surface area contributed by atoms with Crippen LogP contribution in [0.2, 0.25) is 0 Å². The van der Waals surface area contributed by atoms with Crippen LogP contribution in [0, 0.1) is 0 Å². The number of hydrogen-bond donors (Lipinski definition) is 1. The van der Waals surface area contributed by atoms with Crippen molar-refractivity contribution in [3.63, 3.8) is 0 Å². The number of aromatic nitrogens is 3. The van der Waals surface area contributed by atoms with Crippen molar-refractivity contribution >= 4 is 5.91 Å². The third-order valence-electron chi connectivity index (χ3n) is 4.09. The second-order valence-electron chi connectivity index (χ2n) is 5.76. The molecule has 0 aliphatic heterocycles. The summed E-state index contributed by atoms with van der Waals surface area (Å²) in [6.45, 7) is 3.09. The van der Waals surface area contributed by atoms with Crippen molar-refractivity contribution in [1.29, 1.82) is 0 Å². The van der Waals surface area contributed by atoms with E-state index in [9.17, 15) is 4.79 Å². The average Bonchev–Trinajstić information content (AvgIpc) is 3.13. The van der Waals surface area contributed by atoms with E-state index >= 15 is 0 Å². The third-order valence-corrected chi connectivity index (χ3v) is 4.09. The standard InChI is InChI=1S/C20H22N4O2/c1-3-24-18(20(25)22-13-11-15-8-6-7-12-21-15)14-17(23-24)16-9-4-5-10-19(16)26-2/h4-10,12,14H,3,11,13H2,1-2H3,(H,22,25). The Morgan fingerprint density at radius 1 is 1.19 bits per heavy atom. The summed E-state index contributed by atoms with van der Waals surface area (Å²) in [5.74, 6) is 0.590. The molecule has 3 rings (SSSR count). The highest BCUT2D eigenvalue weighted by Crippen LogP contribution is 2.29. The van der Waals surface area contributed by atoms with E-state index < -0.39 is 0 Å². The number of nitrogens with zero attached hydrogens (tertiary/aromatic N) is 3. The molecule has 0 saturated heterocycles. The molecule has 6 heteroatoms. The molecule has 26 heavy (non-hydrogen) atoms. The van der Waals surface area contributed by atoms with E-state index in [4.69, 9.17) is 4.74 Å². The van der Waals surface area contributed by atoms with Gasteiger partial charge in [0.05, 0.1) is 12.8 Å². The van der Waals surface area contributed by atoms with Crippen molar-refractivity contribution in [1.82, 2.24) is 20.1 Å². The Bertz CT molecular complexity index is 875. The van der Waals surface area contributed by atoms with Crippen LogP contribution in [0.5, 0.6) is 5.75 Å². The summed E-state index contributed by atoms with van der Waals surface area (Å²) >= 11 is 0. The SMILES string of the molecule is CCn1nc(-c2ccccc2OC)cc1C(=O)NCCc1ccccn1. The van der Waals surface area contributed by atoms with Crippen molar-refractivity contribution in [2.75, 3.05) is 13.7 Å². The van der Waals surface area contributed by atoms with Gasteiger partial charge in [-0.15, -0.1) is 0 Å². The van der Waals surface area contributed by atoms with Crippen molar-refractivity contribution in [3.05, 3.63) is 66.1 Å². The molecule has 2 aromatic heterocycles. The number of benzene rings is 1. The van der Waals surface area contributed by atoms with Gasteiger partial charge in [0.25, 0.3) is 5.91 Å². The van der Waals surface area contributed by atoms with Crippen LogP contribution in [0.1, 0.15) is 23.1 Å². The first-order chi connectivity index (χ1) is 12.7. The van der Waals surface area contributed by atoms with Crippen molar-refractivity contribution in [3.8, 4) is 17.0 Å². The molecule has 0 bridgehead atoms. The summed E-state index contributed by atoms with van der Waals surface area (Å²) in [7, 11) is 1.63. The Kier molecular flexibility index (Phi) is 5.63. The monoisotopic (exact) mass is 350 g/mol. The van der Waals surface area contributed by atoms with E-state index in [1.807, 2.05) is 49.4 Å². The summed E-state index contributed by atoms with van der Waals surface area (Å²) in [5, 5.41) is 7.50. The van der Waals surface area contributed by atoms with Gasteiger partial charge in [-0.2, -0.15) is 5.10 Å². The van der Waals surface area contributed by atoms with Gasteiger partial charge < -0.3 is 10.1 Å². The molecule has 0 atom stereocenters. The minimum Gasteiger partial charge on any atom is -0.496 e. The maximum Gasteiger partial charge on any atom is 0.269 e. The first-order valence-electron chi connectivity index (χ1n) is 8.62. The lowest BCUT2D eigenvalue weighted by Crippen LogP contribution is -2.28. The fourth-order valence-electron chi connectivity index (χ4n) is 2.77. The minimum absolute atomic E-state index is 0.142. The van der Waals surface area contributed by atoms with Crippen LogP contribution in [0.3, 0.4) is 0 Å². The first-order valence-corrected chi connectivity index (χ1v) is 8.62. The summed E-state index contributed by atoms with van der Waals surface area (Å²) in [5.41, 5.74) is 3.07. The van der Waals surface area contributed by atoms with Crippen molar-refractivity contribution in [2.45, 2.75) is 19.9 Å². The normalized spacial score (nSPS) is 10.5. The quantitative estimate of drug-likeness (QED) is 0.711. The Labute approximate surface area is 152 Å². The average molecular weight is 350 g/mol. The van der Waals surface area contributed by atoms with Crippen molar-refractivity contribution in [2.24, 2.45) is 0 Å². The molecule has 6 nitrogen and oxygen atoms in total. The number of methoxy groups -OCH3 is 1. The number of aryl methyl sites for hydroxylation is 1. The Balaban J connectivity index is 1.75. The van der Waals surface area contributed by atoms with Crippen LogP contribution in [0.25, 0.3) is 11.3 Å². The highest BCUT2D eigenvalue weighted by atomic mass is 16.5. The van der Waals surface area contributed by atoms with Gasteiger partial charge in [0.15, 0.2) is 0 Å². The Morgan fingerprint density at radius 3 is 2.73 bits per heavy atom. The maximum absolute atomic E-state index is 12.6. The molecule has 1 aromatic carbocycles. The number of pyridine rings is 1. The van der Waals surface area contributed by atoms with Gasteiger partial charge in [-0.1, -0.05) is 18.2 Å². The molecule has 0 fully saturated rings. The molecule has 0 aliphatic carbocycles. The zero-order chi connectivity index (χ0) is 18.4. The fourth-order valence-corrected chi connectivity index (χ4v) is 2.77. The molecule has 2 heterocycles. The van der Waals surface area contributed by atoms with Gasteiger partial charge in [0.1, 0.15) is 11.4 Å². The lowest BCUT2D eigenvalue weighted by molar-refractivity contribution is 0.0943. The summed E-state index contributed by atoms with van der Waals surface area (Å²) in [4.78, 5) is 16.9. The smallest absolute Gasteiger partial charge is 0.269 e.